The summed E-state index contributed by atoms with van der Waals surface area (Å²) >= 11 is 0. The molecule has 7 nitrogen and oxygen atoms in total. The maximum atomic E-state index is 12.5. The fourth-order valence-corrected chi connectivity index (χ4v) is 2.43. The first-order valence-corrected chi connectivity index (χ1v) is 6.39. The van der Waals surface area contributed by atoms with Crippen molar-refractivity contribution in [2.24, 2.45) is 17.9 Å². The van der Waals surface area contributed by atoms with Crippen LogP contribution >= 0.6 is 0 Å². The number of carbonyl (C=O) groups is 1. The molecule has 1 unspecified atom stereocenters. The molecule has 2 heterocycles. The molecule has 0 saturated carbocycles. The lowest BCUT2D eigenvalue weighted by Gasteiger charge is -2.23. The third-order valence-electron chi connectivity index (χ3n) is 3.48. The van der Waals surface area contributed by atoms with Gasteiger partial charge in [-0.15, -0.1) is 0 Å². The maximum absolute atomic E-state index is 12.5. The number of hydrogen-bond donors (Lipinski definition) is 2. The molecule has 0 aromatic carbocycles. The fourth-order valence-electron chi connectivity index (χ4n) is 2.43. The number of amides is 1. The zero-order valence-corrected chi connectivity index (χ0v) is 11.2. The molecule has 3 N–H and O–H groups in total. The largest absolute Gasteiger partial charge is 0.409 e. The first-order chi connectivity index (χ1) is 9.08. The van der Waals surface area contributed by atoms with Crippen LogP contribution in [0.3, 0.4) is 0 Å². The monoisotopic (exact) mass is 265 g/mol. The molecule has 1 aromatic heterocycles. The number of oxime groups is 1. The summed E-state index contributed by atoms with van der Waals surface area (Å²) in [7, 11) is 1.75. The van der Waals surface area contributed by atoms with Crippen LogP contribution in [0.4, 0.5) is 0 Å². The van der Waals surface area contributed by atoms with Crippen LogP contribution in [0.1, 0.15) is 35.9 Å². The SMILES string of the molecule is CCc1cc(C(=O)N2CCCC2C(N)=NO)n(C)n1. The van der Waals surface area contributed by atoms with E-state index < -0.39 is 0 Å². The Morgan fingerprint density at radius 1 is 1.68 bits per heavy atom. The van der Waals surface area contributed by atoms with Gasteiger partial charge in [0.05, 0.1) is 11.7 Å². The summed E-state index contributed by atoms with van der Waals surface area (Å²) in [6.45, 7) is 2.61. The third kappa shape index (κ3) is 2.40. The number of nitrogens with zero attached hydrogens (tertiary/aromatic N) is 4. The summed E-state index contributed by atoms with van der Waals surface area (Å²) in [5.74, 6) is -0.0347. The van der Waals surface area contributed by atoms with Crippen LogP contribution in [-0.2, 0) is 13.5 Å². The van der Waals surface area contributed by atoms with Gasteiger partial charge in [-0.1, -0.05) is 12.1 Å². The van der Waals surface area contributed by atoms with E-state index in [1.165, 1.54) is 0 Å². The number of aromatic nitrogens is 2. The standard InChI is InChI=1S/C12H19N5O2/c1-3-8-7-10(16(2)14-8)12(18)17-6-4-5-9(17)11(13)15-19/h7,9,19H,3-6H2,1-2H3,(H2,13,15). The van der Waals surface area contributed by atoms with Crippen LogP contribution in [-0.4, -0.2) is 44.2 Å². The Bertz CT molecular complexity index is 508. The molecule has 1 saturated heterocycles. The van der Waals surface area contributed by atoms with Crippen molar-refractivity contribution in [3.8, 4) is 0 Å². The summed E-state index contributed by atoms with van der Waals surface area (Å²) in [6, 6.07) is 1.47. The minimum Gasteiger partial charge on any atom is -0.409 e. The number of hydrogen-bond acceptors (Lipinski definition) is 4. The number of aryl methyl sites for hydroxylation is 2. The van der Waals surface area contributed by atoms with Crippen LogP contribution in [0.5, 0.6) is 0 Å². The van der Waals surface area contributed by atoms with Gasteiger partial charge in [0.15, 0.2) is 5.84 Å². The molecule has 104 valence electrons. The highest BCUT2D eigenvalue weighted by molar-refractivity contribution is 5.97. The molecule has 0 radical (unpaired) electrons. The molecule has 1 aliphatic heterocycles. The van der Waals surface area contributed by atoms with Gasteiger partial charge in [-0.3, -0.25) is 9.48 Å². The molecule has 1 amide bonds. The molecule has 1 atom stereocenters. The van der Waals surface area contributed by atoms with Crippen molar-refractivity contribution in [1.29, 1.82) is 0 Å². The summed E-state index contributed by atoms with van der Waals surface area (Å²) in [5, 5.41) is 16.1. The number of carbonyl (C=O) groups excluding carboxylic acids is 1. The highest BCUT2D eigenvalue weighted by Gasteiger charge is 2.33. The molecular weight excluding hydrogens is 246 g/mol. The quantitative estimate of drug-likeness (QED) is 0.356. The van der Waals surface area contributed by atoms with Crippen LogP contribution in [0.15, 0.2) is 11.2 Å². The third-order valence-corrected chi connectivity index (χ3v) is 3.48. The zero-order chi connectivity index (χ0) is 14.0. The van der Waals surface area contributed by atoms with Gasteiger partial charge in [-0.2, -0.15) is 5.10 Å². The summed E-state index contributed by atoms with van der Waals surface area (Å²) in [5.41, 5.74) is 7.05. The number of amidine groups is 1. The average molecular weight is 265 g/mol. The van der Waals surface area contributed by atoms with E-state index in [4.69, 9.17) is 10.9 Å². The molecular formula is C12H19N5O2. The van der Waals surface area contributed by atoms with Gasteiger partial charge in [0.1, 0.15) is 5.69 Å². The molecule has 1 aliphatic rings. The normalized spacial score (nSPS) is 20.0. The Morgan fingerprint density at radius 2 is 2.42 bits per heavy atom. The minimum absolute atomic E-state index is 0.0868. The molecule has 0 spiro atoms. The van der Waals surface area contributed by atoms with E-state index in [0.29, 0.717) is 12.2 Å². The van der Waals surface area contributed by atoms with Gasteiger partial charge in [-0.25, -0.2) is 0 Å². The van der Waals surface area contributed by atoms with Gasteiger partial charge < -0.3 is 15.8 Å². The van der Waals surface area contributed by atoms with E-state index in [9.17, 15) is 4.79 Å². The van der Waals surface area contributed by atoms with Crippen molar-refractivity contribution in [3.05, 3.63) is 17.5 Å². The molecule has 0 bridgehead atoms. The van der Waals surface area contributed by atoms with Gasteiger partial charge >= 0.3 is 0 Å². The van der Waals surface area contributed by atoms with Gasteiger partial charge in [-0.05, 0) is 25.3 Å². The van der Waals surface area contributed by atoms with Crippen molar-refractivity contribution in [2.75, 3.05) is 6.54 Å². The Hall–Kier alpha value is -2.05. The Balaban J connectivity index is 2.25. The molecule has 1 fully saturated rings. The predicted molar refractivity (Wildman–Crippen MR) is 70.1 cm³/mol. The van der Waals surface area contributed by atoms with E-state index in [-0.39, 0.29) is 17.8 Å². The van der Waals surface area contributed by atoms with E-state index in [1.54, 1.807) is 22.7 Å². The molecule has 7 heteroatoms. The Labute approximate surface area is 111 Å². The number of likely N-dealkylation sites (tertiary alicyclic amines) is 1. The van der Waals surface area contributed by atoms with Gasteiger partial charge in [0.25, 0.3) is 5.91 Å². The van der Waals surface area contributed by atoms with Crippen LogP contribution in [0.2, 0.25) is 0 Å². The predicted octanol–water partition coefficient (Wildman–Crippen LogP) is 0.333. The lowest BCUT2D eigenvalue weighted by atomic mass is 10.2. The Kier molecular flexibility index (Phi) is 3.73. The van der Waals surface area contributed by atoms with Crippen LogP contribution in [0.25, 0.3) is 0 Å². The Morgan fingerprint density at radius 3 is 3.00 bits per heavy atom. The lowest BCUT2D eigenvalue weighted by molar-refractivity contribution is 0.0757. The second kappa shape index (κ2) is 5.29. The summed E-state index contributed by atoms with van der Waals surface area (Å²) in [4.78, 5) is 14.1. The molecule has 0 aliphatic carbocycles. The number of nitrogens with two attached hydrogens (primary N) is 1. The van der Waals surface area contributed by atoms with E-state index in [2.05, 4.69) is 10.3 Å². The van der Waals surface area contributed by atoms with Gasteiger partial charge in [0.2, 0.25) is 0 Å². The summed E-state index contributed by atoms with van der Waals surface area (Å²) in [6.07, 6.45) is 2.36. The number of rotatable bonds is 3. The molecule has 19 heavy (non-hydrogen) atoms. The first kappa shape index (κ1) is 13.4. The van der Waals surface area contributed by atoms with Crippen molar-refractivity contribution >= 4 is 11.7 Å². The lowest BCUT2D eigenvalue weighted by Crippen LogP contribution is -2.44. The minimum atomic E-state index is -0.322. The van der Waals surface area contributed by atoms with Crippen molar-refractivity contribution < 1.29 is 10.0 Å². The fraction of sp³-hybridized carbons (Fsp3) is 0.583. The van der Waals surface area contributed by atoms with Gasteiger partial charge in [0, 0.05) is 13.6 Å². The zero-order valence-electron chi connectivity index (χ0n) is 11.2. The van der Waals surface area contributed by atoms with Crippen LogP contribution in [0, 0.1) is 0 Å². The molecule has 2 rings (SSSR count). The summed E-state index contributed by atoms with van der Waals surface area (Å²) < 4.78 is 1.59. The van der Waals surface area contributed by atoms with Crippen molar-refractivity contribution in [1.82, 2.24) is 14.7 Å². The maximum Gasteiger partial charge on any atom is 0.272 e. The molecule has 1 aromatic rings. The average Bonchev–Trinajstić information content (AvgIpc) is 3.03. The highest BCUT2D eigenvalue weighted by atomic mass is 16.4. The highest BCUT2D eigenvalue weighted by Crippen LogP contribution is 2.20. The van der Waals surface area contributed by atoms with E-state index >= 15 is 0 Å². The topological polar surface area (TPSA) is 96.7 Å². The second-order valence-electron chi connectivity index (χ2n) is 4.68. The van der Waals surface area contributed by atoms with E-state index in [0.717, 1.165) is 25.0 Å². The van der Waals surface area contributed by atoms with E-state index in [1.807, 2.05) is 6.92 Å². The van der Waals surface area contributed by atoms with Crippen molar-refractivity contribution in [2.45, 2.75) is 32.2 Å². The first-order valence-electron chi connectivity index (χ1n) is 6.39. The second-order valence-corrected chi connectivity index (χ2v) is 4.68. The van der Waals surface area contributed by atoms with Crippen molar-refractivity contribution in [3.63, 3.8) is 0 Å². The van der Waals surface area contributed by atoms with Crippen LogP contribution < -0.4 is 5.73 Å². The smallest absolute Gasteiger partial charge is 0.272 e.